The van der Waals surface area contributed by atoms with Crippen molar-refractivity contribution >= 4 is 55.8 Å². The van der Waals surface area contributed by atoms with E-state index in [1.165, 1.54) is 42.8 Å². The van der Waals surface area contributed by atoms with Crippen LogP contribution in [-0.2, 0) is 36.7 Å². The topological polar surface area (TPSA) is 50.2 Å². The molecule has 1 N–H and O–H groups in total. The number of allylic oxidation sites excluding steroid dienone is 2. The molecule has 0 fully saturated rings. The van der Waals surface area contributed by atoms with Crippen LogP contribution in [0.2, 0.25) is 18.6 Å². The Balaban J connectivity index is 0.000000316. The van der Waals surface area contributed by atoms with Crippen molar-refractivity contribution in [1.29, 1.82) is 0 Å². The third kappa shape index (κ3) is 8.74. The van der Waals surface area contributed by atoms with Crippen LogP contribution in [0, 0.1) is 17.9 Å². The molecule has 0 aliphatic rings. The van der Waals surface area contributed by atoms with Gasteiger partial charge in [0.05, 0.1) is 5.76 Å². The van der Waals surface area contributed by atoms with Gasteiger partial charge >= 0.3 is 0 Å². The van der Waals surface area contributed by atoms with Crippen LogP contribution in [-0.4, -0.2) is 23.6 Å². The number of carbonyl (C=O) groups excluding carboxylic acids is 1. The molecule has 0 unspecified atom stereocenters. The van der Waals surface area contributed by atoms with Gasteiger partial charge in [-0.2, -0.15) is 0 Å². The largest absolute Gasteiger partial charge is 0.512 e. The Morgan fingerprint density at radius 1 is 0.938 bits per heavy atom. The van der Waals surface area contributed by atoms with Gasteiger partial charge in [0, 0.05) is 58.8 Å². The monoisotopic (exact) mass is 857 g/mol. The van der Waals surface area contributed by atoms with Crippen LogP contribution in [0.4, 0.5) is 0 Å². The molecule has 5 rings (SSSR count). The Bertz CT molecular complexity index is 1880. The molecule has 2 heterocycles. The van der Waals surface area contributed by atoms with Crippen LogP contribution in [0.15, 0.2) is 72.6 Å². The Morgan fingerprint density at radius 3 is 2.17 bits per heavy atom. The minimum atomic E-state index is -1.81. The number of nitrogens with zero attached hydrogens (tertiary/aromatic N) is 1. The van der Waals surface area contributed by atoms with E-state index >= 15 is 0 Å². The quantitative estimate of drug-likeness (QED) is 0.0659. The van der Waals surface area contributed by atoms with Crippen LogP contribution in [0.25, 0.3) is 42.2 Å². The second-order valence-electron chi connectivity index (χ2n) is 14.6. The Labute approximate surface area is 307 Å². The number of benzene rings is 3. The molecule has 0 amide bonds. The minimum Gasteiger partial charge on any atom is -0.512 e. The zero-order chi connectivity index (χ0) is 34.5. The van der Waals surface area contributed by atoms with Gasteiger partial charge in [-0.15, -0.1) is 40.5 Å². The molecule has 1 radical (unpaired) electrons. The first-order valence-electron chi connectivity index (χ1n) is 17.5. The zero-order valence-corrected chi connectivity index (χ0v) is 34.8. The Kier molecular flexibility index (Phi) is 14.0. The Hall–Kier alpha value is -2.63. The van der Waals surface area contributed by atoms with E-state index < -0.39 is 8.07 Å². The van der Waals surface area contributed by atoms with Gasteiger partial charge in [-0.25, -0.2) is 0 Å². The average molecular weight is 857 g/mol. The number of thiophene rings is 1. The molecule has 0 atom stereocenters. The van der Waals surface area contributed by atoms with Gasteiger partial charge in [-0.05, 0) is 47.6 Å². The smallest absolute Gasteiger partial charge is 0.136 e. The Morgan fingerprint density at radius 2 is 1.56 bits per heavy atom. The molecule has 0 bridgehead atoms. The number of hydrogen-bond donors (Lipinski definition) is 1. The first-order valence-corrected chi connectivity index (χ1v) is 21.2. The summed E-state index contributed by atoms with van der Waals surface area (Å²) < 4.78 is 2.66. The van der Waals surface area contributed by atoms with Gasteiger partial charge in [0.25, 0.3) is 0 Å². The number of fused-ring (bicyclic) bond motifs is 4. The van der Waals surface area contributed by atoms with Crippen LogP contribution in [0.1, 0.15) is 86.3 Å². The third-order valence-electron chi connectivity index (χ3n) is 9.80. The van der Waals surface area contributed by atoms with Gasteiger partial charge in [-0.3, -0.25) is 4.98 Å². The maximum absolute atomic E-state index is 12.1. The standard InChI is InChI=1S/C29H28NS.C13H26O2Si.Ir/c1-18(2)15-20-10-8-12-23-24-13-14-30-26(28(24)31-27(20)23)21-16-19-9-6-7-11-22(19)25(17-21)29(3,4)5;1-6-11(7-2)12(14)10-13(15)16(5,8-3)9-4;/h6-14,17-18H,15H2,1-5H3;10-11,14H,6-9H2,1-5H3;/q-1;;/b;12-10-;. The molecular formula is C42H54IrNO2SSi-. The van der Waals surface area contributed by atoms with E-state index in [9.17, 15) is 9.90 Å². The molecule has 5 aromatic rings. The van der Waals surface area contributed by atoms with Gasteiger partial charge in [0.1, 0.15) is 13.5 Å². The molecule has 3 nitrogen and oxygen atoms in total. The number of pyridine rings is 1. The van der Waals surface area contributed by atoms with Gasteiger partial charge in [-0.1, -0.05) is 128 Å². The predicted octanol–water partition coefficient (Wildman–Crippen LogP) is 12.7. The predicted molar refractivity (Wildman–Crippen MR) is 209 cm³/mol. The maximum Gasteiger partial charge on any atom is 0.136 e. The number of aliphatic hydroxyl groups excluding tert-OH is 1. The fourth-order valence-electron chi connectivity index (χ4n) is 6.29. The first-order chi connectivity index (χ1) is 22.3. The third-order valence-corrected chi connectivity index (χ3v) is 15.6. The van der Waals surface area contributed by atoms with Crippen LogP contribution < -0.4 is 0 Å². The number of carbonyl (C=O) groups is 1. The molecule has 259 valence electrons. The van der Waals surface area contributed by atoms with Crippen molar-refractivity contribution in [1.82, 2.24) is 4.98 Å². The molecule has 3 aromatic carbocycles. The van der Waals surface area contributed by atoms with Crippen LogP contribution in [0.3, 0.4) is 0 Å². The van der Waals surface area contributed by atoms with Crippen molar-refractivity contribution in [3.63, 3.8) is 0 Å². The summed E-state index contributed by atoms with van der Waals surface area (Å²) in [7, 11) is -1.81. The number of hydrogen-bond acceptors (Lipinski definition) is 4. The van der Waals surface area contributed by atoms with E-state index in [0.29, 0.717) is 5.92 Å². The van der Waals surface area contributed by atoms with E-state index in [4.69, 9.17) is 4.98 Å². The molecule has 6 heteroatoms. The summed E-state index contributed by atoms with van der Waals surface area (Å²) >= 11 is 1.89. The summed E-state index contributed by atoms with van der Waals surface area (Å²) in [5, 5.41) is 15.2. The number of aliphatic hydroxyl groups is 1. The van der Waals surface area contributed by atoms with Crippen molar-refractivity contribution in [2.24, 2.45) is 11.8 Å². The summed E-state index contributed by atoms with van der Waals surface area (Å²) in [5.74, 6) is 1.07. The average Bonchev–Trinajstić information content (AvgIpc) is 3.44. The summed E-state index contributed by atoms with van der Waals surface area (Å²) in [5.41, 5.74) is 4.97. The molecule has 48 heavy (non-hydrogen) atoms. The van der Waals surface area contributed by atoms with E-state index in [0.717, 1.165) is 48.0 Å². The van der Waals surface area contributed by atoms with Crippen molar-refractivity contribution < 1.29 is 30.0 Å². The fraction of sp³-hybridized carbons (Fsp3) is 0.429. The van der Waals surface area contributed by atoms with Gasteiger partial charge in [0.15, 0.2) is 0 Å². The van der Waals surface area contributed by atoms with Crippen LogP contribution in [0.5, 0.6) is 0 Å². The van der Waals surface area contributed by atoms with E-state index in [-0.39, 0.29) is 42.6 Å². The molecule has 0 aliphatic carbocycles. The second kappa shape index (κ2) is 16.9. The maximum atomic E-state index is 12.1. The van der Waals surface area contributed by atoms with E-state index in [2.05, 4.69) is 116 Å². The molecular weight excluding hydrogens is 803 g/mol. The summed E-state index contributed by atoms with van der Waals surface area (Å²) in [6.07, 6.45) is 6.35. The van der Waals surface area contributed by atoms with Crippen molar-refractivity contribution in [3.8, 4) is 11.3 Å². The van der Waals surface area contributed by atoms with Crippen molar-refractivity contribution in [3.05, 3.63) is 89.8 Å². The normalized spacial score (nSPS) is 12.5. The van der Waals surface area contributed by atoms with E-state index in [1.807, 2.05) is 31.4 Å². The molecule has 0 spiro atoms. The minimum absolute atomic E-state index is 0. The molecule has 0 saturated heterocycles. The second-order valence-corrected chi connectivity index (χ2v) is 20.7. The zero-order valence-electron chi connectivity index (χ0n) is 30.6. The van der Waals surface area contributed by atoms with Crippen LogP contribution >= 0.6 is 11.3 Å². The molecule has 2 aromatic heterocycles. The fourth-order valence-corrected chi connectivity index (χ4v) is 9.30. The van der Waals surface area contributed by atoms with Gasteiger partial charge < -0.3 is 9.90 Å². The van der Waals surface area contributed by atoms with Gasteiger partial charge in [0.2, 0.25) is 0 Å². The summed E-state index contributed by atoms with van der Waals surface area (Å²) in [6, 6.07) is 25.4. The SMILES string of the molecule is CC(C)Cc1cccc2c1sc1c(-c3[c-]c4ccccc4c(C(C)(C)C)c3)nccc12.CCC(CC)/C(O)=C/C(=O)[Si](C)(CC)CC.[Ir]. The summed E-state index contributed by atoms with van der Waals surface area (Å²) in [4.78, 5) is 17.0. The van der Waals surface area contributed by atoms with Crippen molar-refractivity contribution in [2.45, 2.75) is 106 Å². The molecule has 0 saturated carbocycles. The molecule has 0 aliphatic heterocycles. The van der Waals surface area contributed by atoms with E-state index in [1.54, 1.807) is 0 Å². The number of rotatable bonds is 10. The number of aromatic nitrogens is 1. The van der Waals surface area contributed by atoms with Crippen molar-refractivity contribution in [2.75, 3.05) is 0 Å². The summed E-state index contributed by atoms with van der Waals surface area (Å²) in [6.45, 7) is 21.8. The first kappa shape index (κ1) is 39.8.